The van der Waals surface area contributed by atoms with Gasteiger partial charge in [0.05, 0.1) is 28.5 Å². The van der Waals surface area contributed by atoms with Gasteiger partial charge in [-0.15, -0.1) is 0 Å². The van der Waals surface area contributed by atoms with E-state index in [2.05, 4.69) is 9.97 Å². The number of aliphatic hydroxyl groups is 4. The molecule has 22 heavy (non-hydrogen) atoms. The van der Waals surface area contributed by atoms with E-state index in [1.807, 2.05) is 24.3 Å². The molecule has 1 aromatic carbocycles. The van der Waals surface area contributed by atoms with Crippen molar-refractivity contribution in [2.24, 2.45) is 0 Å². The highest BCUT2D eigenvalue weighted by Gasteiger charge is 2.49. The lowest BCUT2D eigenvalue weighted by Crippen LogP contribution is -2.63. The molecular weight excluding hydrogens is 308 g/mol. The number of ether oxygens (including phenoxy) is 1. The van der Waals surface area contributed by atoms with Gasteiger partial charge in [-0.05, 0) is 12.1 Å². The van der Waals surface area contributed by atoms with Gasteiger partial charge in [0, 0.05) is 7.11 Å². The van der Waals surface area contributed by atoms with E-state index < -0.39 is 35.8 Å². The van der Waals surface area contributed by atoms with Gasteiger partial charge in [-0.2, -0.15) is 0 Å². The summed E-state index contributed by atoms with van der Waals surface area (Å²) in [6, 6.07) is 7.46. The molecule has 0 bridgehead atoms. The third-order valence-electron chi connectivity index (χ3n) is 3.93. The number of benzene rings is 1. The van der Waals surface area contributed by atoms with Crippen molar-refractivity contribution < 1.29 is 25.2 Å². The number of aromatic amines is 1. The number of fused-ring (bicyclic) bond motifs is 1. The van der Waals surface area contributed by atoms with E-state index in [0.29, 0.717) is 5.16 Å². The molecule has 0 aliphatic heterocycles. The summed E-state index contributed by atoms with van der Waals surface area (Å²) in [4.78, 5) is 7.46. The van der Waals surface area contributed by atoms with Crippen molar-refractivity contribution in [2.45, 2.75) is 40.9 Å². The third-order valence-corrected chi connectivity index (χ3v) is 5.18. The standard InChI is InChI=1S/C14H18N2O5S/c1-21-12-9(18)8(17)10(19)13(11(12)20)22-14-15-6-4-2-3-5-7(6)16-14/h2-5,8-13,17-20H,1H3,(H,15,16)/t8-,9-,10+,11+,12+,13-/m1/s1. The smallest absolute Gasteiger partial charge is 0.166 e. The number of aliphatic hydroxyl groups excluding tert-OH is 4. The summed E-state index contributed by atoms with van der Waals surface area (Å²) in [5.74, 6) is 0. The molecule has 1 fully saturated rings. The SMILES string of the molecule is CO[C@H]1[C@H](O)[C@@H](O)[C@H](O)[C@@H](Sc2nc3ccccc3[nH]2)[C@H]1O. The fraction of sp³-hybridized carbons (Fsp3) is 0.500. The van der Waals surface area contributed by atoms with Gasteiger partial charge in [-0.3, -0.25) is 0 Å². The first-order valence-corrected chi connectivity index (χ1v) is 7.77. The minimum atomic E-state index is -1.39. The van der Waals surface area contributed by atoms with Crippen molar-refractivity contribution in [2.75, 3.05) is 7.11 Å². The second-order valence-corrected chi connectivity index (χ2v) is 6.47. The lowest BCUT2D eigenvalue weighted by molar-refractivity contribution is -0.181. The highest BCUT2D eigenvalue weighted by Crippen LogP contribution is 2.35. The number of aromatic nitrogens is 2. The van der Waals surface area contributed by atoms with Crippen LogP contribution in [0.25, 0.3) is 11.0 Å². The molecule has 1 aromatic heterocycles. The summed E-state index contributed by atoms with van der Waals surface area (Å²) in [6.07, 6.45) is -6.15. The number of rotatable bonds is 3. The van der Waals surface area contributed by atoms with Gasteiger partial charge in [0.15, 0.2) is 5.16 Å². The lowest BCUT2D eigenvalue weighted by Gasteiger charge is -2.42. The van der Waals surface area contributed by atoms with Crippen LogP contribution in [-0.2, 0) is 4.74 Å². The minimum absolute atomic E-state index is 0.516. The van der Waals surface area contributed by atoms with E-state index in [-0.39, 0.29) is 0 Å². The van der Waals surface area contributed by atoms with Crippen LogP contribution >= 0.6 is 11.8 Å². The molecule has 6 atom stereocenters. The Morgan fingerprint density at radius 2 is 1.77 bits per heavy atom. The zero-order valence-electron chi connectivity index (χ0n) is 11.8. The summed E-state index contributed by atoms with van der Waals surface area (Å²) in [5, 5.41) is 40.0. The Morgan fingerprint density at radius 1 is 1.05 bits per heavy atom. The van der Waals surface area contributed by atoms with Crippen molar-refractivity contribution >= 4 is 22.8 Å². The summed E-state index contributed by atoms with van der Waals surface area (Å²) < 4.78 is 5.05. The van der Waals surface area contributed by atoms with E-state index in [1.165, 1.54) is 7.11 Å². The molecule has 0 unspecified atom stereocenters. The van der Waals surface area contributed by atoms with E-state index in [0.717, 1.165) is 22.8 Å². The van der Waals surface area contributed by atoms with Crippen molar-refractivity contribution in [3.05, 3.63) is 24.3 Å². The second-order valence-electron chi connectivity index (χ2n) is 5.30. The zero-order chi connectivity index (χ0) is 15.9. The van der Waals surface area contributed by atoms with Gasteiger partial charge in [0.25, 0.3) is 0 Å². The van der Waals surface area contributed by atoms with Crippen LogP contribution in [0.4, 0.5) is 0 Å². The predicted molar refractivity (Wildman–Crippen MR) is 80.6 cm³/mol. The molecule has 120 valence electrons. The van der Waals surface area contributed by atoms with E-state index in [4.69, 9.17) is 4.74 Å². The molecule has 0 saturated heterocycles. The summed E-state index contributed by atoms with van der Waals surface area (Å²) in [5.41, 5.74) is 1.61. The number of hydrogen-bond acceptors (Lipinski definition) is 7. The van der Waals surface area contributed by atoms with Gasteiger partial charge in [-0.25, -0.2) is 4.98 Å². The first-order chi connectivity index (χ1) is 10.5. The third kappa shape index (κ3) is 2.62. The first kappa shape index (κ1) is 15.7. The maximum Gasteiger partial charge on any atom is 0.166 e. The number of thioether (sulfide) groups is 1. The van der Waals surface area contributed by atoms with Gasteiger partial charge < -0.3 is 30.1 Å². The van der Waals surface area contributed by atoms with Gasteiger partial charge in [0.1, 0.15) is 18.3 Å². The summed E-state index contributed by atoms with van der Waals surface area (Å²) in [7, 11) is 1.34. The number of hydrogen-bond donors (Lipinski definition) is 5. The Kier molecular flexibility index (Phi) is 4.40. The van der Waals surface area contributed by atoms with Crippen LogP contribution in [0.1, 0.15) is 0 Å². The minimum Gasteiger partial charge on any atom is -0.389 e. The quantitative estimate of drug-likeness (QED) is 0.516. The highest BCUT2D eigenvalue weighted by atomic mass is 32.2. The molecular formula is C14H18N2O5S. The predicted octanol–water partition coefficient (Wildman–Crippen LogP) is -0.504. The molecule has 0 radical (unpaired) electrons. The molecule has 0 amide bonds. The monoisotopic (exact) mass is 326 g/mol. The van der Waals surface area contributed by atoms with Gasteiger partial charge in [-0.1, -0.05) is 23.9 Å². The largest absolute Gasteiger partial charge is 0.389 e. The van der Waals surface area contributed by atoms with Crippen LogP contribution in [0, 0.1) is 0 Å². The highest BCUT2D eigenvalue weighted by molar-refractivity contribution is 7.99. The fourth-order valence-corrected chi connectivity index (χ4v) is 3.89. The van der Waals surface area contributed by atoms with Crippen molar-refractivity contribution in [1.29, 1.82) is 0 Å². The maximum atomic E-state index is 10.3. The van der Waals surface area contributed by atoms with Crippen LogP contribution in [-0.4, -0.2) is 73.3 Å². The number of nitrogens with zero attached hydrogens (tertiary/aromatic N) is 1. The molecule has 2 aromatic rings. The average molecular weight is 326 g/mol. The average Bonchev–Trinajstić information content (AvgIpc) is 2.92. The van der Waals surface area contributed by atoms with Crippen LogP contribution in [0.3, 0.4) is 0 Å². The molecule has 1 heterocycles. The lowest BCUT2D eigenvalue weighted by atomic mass is 9.87. The normalized spacial score (nSPS) is 35.9. The van der Waals surface area contributed by atoms with E-state index in [9.17, 15) is 20.4 Å². The Balaban J connectivity index is 1.85. The molecule has 3 rings (SSSR count). The van der Waals surface area contributed by atoms with Crippen molar-refractivity contribution in [1.82, 2.24) is 9.97 Å². The van der Waals surface area contributed by atoms with Gasteiger partial charge in [0.2, 0.25) is 0 Å². The first-order valence-electron chi connectivity index (χ1n) is 6.89. The van der Waals surface area contributed by atoms with Crippen LogP contribution in [0.15, 0.2) is 29.4 Å². The Bertz CT molecular complexity index is 618. The van der Waals surface area contributed by atoms with Crippen molar-refractivity contribution in [3.63, 3.8) is 0 Å². The van der Waals surface area contributed by atoms with Crippen molar-refractivity contribution in [3.8, 4) is 0 Å². The molecule has 5 N–H and O–H groups in total. The number of nitrogens with one attached hydrogen (secondary N) is 1. The summed E-state index contributed by atoms with van der Waals surface area (Å²) >= 11 is 1.11. The molecule has 1 aliphatic rings. The fourth-order valence-electron chi connectivity index (χ4n) is 2.71. The van der Waals surface area contributed by atoms with Crippen LogP contribution in [0.2, 0.25) is 0 Å². The maximum absolute atomic E-state index is 10.3. The second kappa shape index (κ2) is 6.15. The molecule has 1 aliphatic carbocycles. The zero-order valence-corrected chi connectivity index (χ0v) is 12.6. The molecule has 8 heteroatoms. The number of methoxy groups -OCH3 is 1. The molecule has 7 nitrogen and oxygen atoms in total. The number of imidazole rings is 1. The van der Waals surface area contributed by atoms with Crippen LogP contribution < -0.4 is 0 Å². The topological polar surface area (TPSA) is 119 Å². The summed E-state index contributed by atoms with van der Waals surface area (Å²) in [6.45, 7) is 0. The van der Waals surface area contributed by atoms with E-state index >= 15 is 0 Å². The van der Waals surface area contributed by atoms with E-state index in [1.54, 1.807) is 0 Å². The Hall–Kier alpha value is -1.16. The van der Waals surface area contributed by atoms with Gasteiger partial charge >= 0.3 is 0 Å². The molecule has 1 saturated carbocycles. The van der Waals surface area contributed by atoms with Crippen LogP contribution in [0.5, 0.6) is 0 Å². The Labute approximate surface area is 131 Å². The Morgan fingerprint density at radius 3 is 2.45 bits per heavy atom. The number of H-pyrrole nitrogens is 1. The number of para-hydroxylation sites is 2. The molecule has 0 spiro atoms.